The maximum Gasteiger partial charge on any atom is 0.298 e. The van der Waals surface area contributed by atoms with Crippen LogP contribution in [-0.4, -0.2) is 24.2 Å². The van der Waals surface area contributed by atoms with E-state index >= 15 is 0 Å². The summed E-state index contributed by atoms with van der Waals surface area (Å²) in [5.74, 6) is -0.682. The highest BCUT2D eigenvalue weighted by Crippen LogP contribution is 2.36. The Labute approximate surface area is 155 Å². The van der Waals surface area contributed by atoms with Crippen molar-refractivity contribution in [2.75, 3.05) is 22.9 Å². The van der Waals surface area contributed by atoms with E-state index in [0.717, 1.165) is 42.6 Å². The molecule has 0 radical (unpaired) electrons. The van der Waals surface area contributed by atoms with E-state index in [4.69, 9.17) is 0 Å². The van der Waals surface area contributed by atoms with Crippen LogP contribution in [0.15, 0.2) is 53.4 Å². The topological polar surface area (TPSA) is 40.6 Å². The van der Waals surface area contributed by atoms with Gasteiger partial charge in [0.25, 0.3) is 11.1 Å². The number of hydrogen-bond donors (Lipinski definition) is 0. The fourth-order valence-corrected chi connectivity index (χ4v) is 4.09. The molecule has 2 heterocycles. The number of imide groups is 1. The minimum absolute atomic E-state index is 0.298. The molecule has 4 rings (SSSR count). The first-order valence-corrected chi connectivity index (χ1v) is 9.32. The van der Waals surface area contributed by atoms with Gasteiger partial charge >= 0.3 is 0 Å². The predicted octanol–water partition coefficient (Wildman–Crippen LogP) is 4.67. The normalized spacial score (nSPS) is 19.0. The summed E-state index contributed by atoms with van der Waals surface area (Å²) in [4.78, 5) is 28.3. The highest BCUT2D eigenvalue weighted by molar-refractivity contribution is 8.19. The van der Waals surface area contributed by atoms with Gasteiger partial charge in [0.2, 0.25) is 0 Å². The molecule has 2 aromatic carbocycles. The van der Waals surface area contributed by atoms with E-state index in [2.05, 4.69) is 0 Å². The maximum atomic E-state index is 14.5. The summed E-state index contributed by atoms with van der Waals surface area (Å²) >= 11 is 0.873. The summed E-state index contributed by atoms with van der Waals surface area (Å²) in [5.41, 5.74) is 1.70. The Kier molecular flexibility index (Phi) is 4.51. The number of rotatable bonds is 3. The van der Waals surface area contributed by atoms with Crippen LogP contribution in [-0.2, 0) is 4.79 Å². The van der Waals surface area contributed by atoms with Crippen molar-refractivity contribution in [3.63, 3.8) is 0 Å². The van der Waals surface area contributed by atoms with E-state index in [1.165, 1.54) is 6.07 Å². The third-order valence-corrected chi connectivity index (χ3v) is 5.39. The fraction of sp³-hybridized carbons (Fsp3) is 0.200. The van der Waals surface area contributed by atoms with Gasteiger partial charge in [-0.2, -0.15) is 0 Å². The molecule has 0 spiro atoms. The fourth-order valence-electron chi connectivity index (χ4n) is 3.25. The molecular formula is C20H17FN2O2S. The molecule has 2 saturated heterocycles. The molecule has 4 nitrogen and oxygen atoms in total. The summed E-state index contributed by atoms with van der Waals surface area (Å²) in [6.45, 7) is 1.73. The van der Waals surface area contributed by atoms with Gasteiger partial charge in [-0.25, -0.2) is 9.29 Å². The van der Waals surface area contributed by atoms with Crippen LogP contribution in [0.1, 0.15) is 18.4 Å². The van der Waals surface area contributed by atoms with Crippen molar-refractivity contribution < 1.29 is 14.0 Å². The van der Waals surface area contributed by atoms with Crippen molar-refractivity contribution in [2.45, 2.75) is 12.8 Å². The van der Waals surface area contributed by atoms with Crippen molar-refractivity contribution in [1.29, 1.82) is 0 Å². The van der Waals surface area contributed by atoms with Gasteiger partial charge in [-0.15, -0.1) is 0 Å². The lowest BCUT2D eigenvalue weighted by Crippen LogP contribution is -2.27. The number of thioether (sulfide) groups is 1. The smallest absolute Gasteiger partial charge is 0.298 e. The molecular weight excluding hydrogens is 351 g/mol. The zero-order valence-electron chi connectivity index (χ0n) is 14.0. The minimum Gasteiger partial charge on any atom is -0.369 e. The van der Waals surface area contributed by atoms with Gasteiger partial charge in [0.1, 0.15) is 5.82 Å². The number of para-hydroxylation sites is 1. The third-order valence-electron chi connectivity index (χ3n) is 4.52. The number of anilines is 2. The van der Waals surface area contributed by atoms with E-state index in [-0.39, 0.29) is 17.0 Å². The summed E-state index contributed by atoms with van der Waals surface area (Å²) in [7, 11) is 0. The predicted molar refractivity (Wildman–Crippen MR) is 103 cm³/mol. The SMILES string of the molecule is O=C1S/C(=C\c2ccc(N3CCCC3)c(F)c2)C(=O)N1c1ccccc1. The monoisotopic (exact) mass is 368 g/mol. The van der Waals surface area contributed by atoms with Crippen LogP contribution in [0.3, 0.4) is 0 Å². The Balaban J connectivity index is 1.59. The molecule has 2 amide bonds. The second kappa shape index (κ2) is 6.96. The van der Waals surface area contributed by atoms with Gasteiger partial charge in [0.15, 0.2) is 0 Å². The average molecular weight is 368 g/mol. The summed E-state index contributed by atoms with van der Waals surface area (Å²) in [5, 5.41) is -0.346. The van der Waals surface area contributed by atoms with Gasteiger partial charge in [-0.1, -0.05) is 24.3 Å². The van der Waals surface area contributed by atoms with E-state index in [1.807, 2.05) is 11.0 Å². The molecule has 0 unspecified atom stereocenters. The maximum absolute atomic E-state index is 14.5. The van der Waals surface area contributed by atoms with Crippen LogP contribution in [0.5, 0.6) is 0 Å². The average Bonchev–Trinajstić information content (AvgIpc) is 3.25. The molecule has 2 fully saturated rings. The Morgan fingerprint density at radius 1 is 1.00 bits per heavy atom. The molecule has 2 aliphatic heterocycles. The van der Waals surface area contributed by atoms with Crippen molar-refractivity contribution >= 4 is 40.4 Å². The Morgan fingerprint density at radius 2 is 1.73 bits per heavy atom. The lowest BCUT2D eigenvalue weighted by molar-refractivity contribution is -0.113. The summed E-state index contributed by atoms with van der Waals surface area (Å²) in [6.07, 6.45) is 3.73. The Morgan fingerprint density at radius 3 is 2.42 bits per heavy atom. The van der Waals surface area contributed by atoms with Crippen LogP contribution in [0.25, 0.3) is 6.08 Å². The highest BCUT2D eigenvalue weighted by atomic mass is 32.2. The quantitative estimate of drug-likeness (QED) is 0.739. The Hall–Kier alpha value is -2.60. The lowest BCUT2D eigenvalue weighted by Gasteiger charge is -2.18. The largest absolute Gasteiger partial charge is 0.369 e. The van der Waals surface area contributed by atoms with Crippen molar-refractivity contribution in [3.05, 3.63) is 64.8 Å². The van der Waals surface area contributed by atoms with Crippen molar-refractivity contribution in [1.82, 2.24) is 0 Å². The van der Waals surface area contributed by atoms with Crippen LogP contribution in [0.4, 0.5) is 20.6 Å². The van der Waals surface area contributed by atoms with Crippen molar-refractivity contribution in [3.8, 4) is 0 Å². The number of nitrogens with zero attached hydrogens (tertiary/aromatic N) is 2. The first kappa shape index (κ1) is 16.8. The van der Waals surface area contributed by atoms with Crippen LogP contribution in [0, 0.1) is 5.82 Å². The first-order valence-electron chi connectivity index (χ1n) is 8.51. The molecule has 0 aliphatic carbocycles. The number of carbonyl (C=O) groups is 2. The minimum atomic E-state index is -0.379. The van der Waals surface area contributed by atoms with Crippen molar-refractivity contribution in [2.24, 2.45) is 0 Å². The van der Waals surface area contributed by atoms with Gasteiger partial charge in [0.05, 0.1) is 16.3 Å². The lowest BCUT2D eigenvalue weighted by atomic mass is 10.1. The standard InChI is InChI=1S/C20H17FN2O2S/c21-16-12-14(8-9-17(16)22-10-4-5-11-22)13-18-19(24)23(20(25)26-18)15-6-2-1-3-7-15/h1-3,6-9,12-13H,4-5,10-11H2/b18-13-. The molecule has 0 saturated carbocycles. The van der Waals surface area contributed by atoms with Crippen LogP contribution >= 0.6 is 11.8 Å². The van der Waals surface area contributed by atoms with Gasteiger partial charge in [-0.05, 0) is 60.5 Å². The van der Waals surface area contributed by atoms with E-state index in [1.54, 1.807) is 42.5 Å². The molecule has 132 valence electrons. The van der Waals surface area contributed by atoms with E-state index < -0.39 is 0 Å². The number of benzene rings is 2. The van der Waals surface area contributed by atoms with E-state index in [0.29, 0.717) is 21.8 Å². The molecule has 0 N–H and O–H groups in total. The zero-order valence-corrected chi connectivity index (χ0v) is 14.8. The summed E-state index contributed by atoms with van der Waals surface area (Å²) in [6, 6.07) is 13.7. The van der Waals surface area contributed by atoms with E-state index in [9.17, 15) is 14.0 Å². The molecule has 0 bridgehead atoms. The molecule has 0 aromatic heterocycles. The van der Waals surface area contributed by atoms with Gasteiger partial charge in [0, 0.05) is 13.1 Å². The number of halogens is 1. The molecule has 26 heavy (non-hydrogen) atoms. The number of carbonyl (C=O) groups excluding carboxylic acids is 2. The van der Waals surface area contributed by atoms with Crippen LogP contribution < -0.4 is 9.80 Å². The van der Waals surface area contributed by atoms with Gasteiger partial charge < -0.3 is 4.90 Å². The molecule has 2 aliphatic rings. The Bertz CT molecular complexity index is 892. The van der Waals surface area contributed by atoms with Crippen LogP contribution in [0.2, 0.25) is 0 Å². The summed E-state index contributed by atoms with van der Waals surface area (Å²) < 4.78 is 14.5. The zero-order chi connectivity index (χ0) is 18.1. The van der Waals surface area contributed by atoms with Gasteiger partial charge in [-0.3, -0.25) is 9.59 Å². The number of amides is 2. The second-order valence-electron chi connectivity index (χ2n) is 6.26. The highest BCUT2D eigenvalue weighted by Gasteiger charge is 2.36. The molecule has 2 aromatic rings. The number of hydrogen-bond acceptors (Lipinski definition) is 4. The third kappa shape index (κ3) is 3.12. The molecule has 0 atom stereocenters. The second-order valence-corrected chi connectivity index (χ2v) is 7.25. The molecule has 6 heteroatoms. The first-order chi connectivity index (χ1) is 12.6.